The van der Waals surface area contributed by atoms with Crippen LogP contribution in [0.15, 0.2) is 48.0 Å². The first-order valence-electron chi connectivity index (χ1n) is 16.3. The maximum atomic E-state index is 14.1. The quantitative estimate of drug-likeness (QED) is 0.208. The summed E-state index contributed by atoms with van der Waals surface area (Å²) < 4.78 is 6.13. The van der Waals surface area contributed by atoms with Gasteiger partial charge in [-0.2, -0.15) is 0 Å². The van der Waals surface area contributed by atoms with Gasteiger partial charge in [-0.1, -0.05) is 56.7 Å². The molecule has 0 unspecified atom stereocenters. The summed E-state index contributed by atoms with van der Waals surface area (Å²) in [5.74, 6) is -3.19. The highest BCUT2D eigenvalue weighted by atomic mass is 32.2. The summed E-state index contributed by atoms with van der Waals surface area (Å²) in [6.07, 6.45) is -0.0647. The number of nitrogens with one attached hydrogen (secondary N) is 5. The molecule has 14 heteroatoms. The fraction of sp³-hybridized carbons (Fsp3) is 0.588. The lowest BCUT2D eigenvalue weighted by Gasteiger charge is -2.34. The van der Waals surface area contributed by atoms with Gasteiger partial charge in [-0.15, -0.1) is 18.3 Å². The smallest absolute Gasteiger partial charge is 0.246 e. The molecule has 3 rings (SSSR count). The standard InChI is InChI=1S/C34H50N6O7S/c1-9-18(3)25-30(44)40-27(21(6)47-34(7,8)10-2)32(46)36-23(16-22-14-12-11-13-15-22)28(42)39-26(20(5)41)31(45)35-19(4)33-37-24(17-48-33)29(43)38-25/h10-15,18-21,23-27,41H,2,9,16-17H2,1,3-8H3,(H,35,45)(H,36,46)(H,38,43)(H,39,42)(H,40,44)/t18-,19-,20+,21+,23-,24-,25-,26-,27-/m0/s1. The lowest BCUT2D eigenvalue weighted by molar-refractivity contribution is -0.140. The second kappa shape index (κ2) is 17.1. The molecule has 0 saturated carbocycles. The highest BCUT2D eigenvalue weighted by Gasteiger charge is 2.39. The van der Waals surface area contributed by atoms with Gasteiger partial charge in [0.05, 0.1) is 28.9 Å². The van der Waals surface area contributed by atoms with E-state index in [9.17, 15) is 29.1 Å². The van der Waals surface area contributed by atoms with Crippen LogP contribution < -0.4 is 26.6 Å². The van der Waals surface area contributed by atoms with E-state index in [2.05, 4.69) is 38.2 Å². The molecule has 0 saturated heterocycles. The first kappa shape index (κ1) is 38.7. The highest BCUT2D eigenvalue weighted by Crippen LogP contribution is 2.22. The molecule has 0 radical (unpaired) electrons. The molecule has 13 nitrogen and oxygen atoms in total. The summed E-state index contributed by atoms with van der Waals surface area (Å²) in [5.41, 5.74) is -0.165. The van der Waals surface area contributed by atoms with E-state index in [1.807, 2.05) is 19.9 Å². The molecule has 9 atom stereocenters. The van der Waals surface area contributed by atoms with Crippen LogP contribution in [0.4, 0.5) is 0 Å². The number of fused-ring (bicyclic) bond motifs is 1. The third kappa shape index (κ3) is 10.4. The van der Waals surface area contributed by atoms with Crippen molar-refractivity contribution in [2.75, 3.05) is 5.75 Å². The molecular weight excluding hydrogens is 636 g/mol. The van der Waals surface area contributed by atoms with Crippen molar-refractivity contribution in [3.8, 4) is 0 Å². The van der Waals surface area contributed by atoms with Crippen LogP contribution in [-0.4, -0.2) is 99.5 Å². The van der Waals surface area contributed by atoms with Crippen LogP contribution in [-0.2, 0) is 35.1 Å². The maximum Gasteiger partial charge on any atom is 0.246 e. The molecule has 0 spiro atoms. The molecule has 264 valence electrons. The zero-order valence-electron chi connectivity index (χ0n) is 28.7. The average molecular weight is 687 g/mol. The number of thioether (sulfide) groups is 1. The number of hydrogen-bond acceptors (Lipinski definition) is 9. The van der Waals surface area contributed by atoms with Gasteiger partial charge in [0.1, 0.15) is 30.2 Å². The molecule has 1 aromatic carbocycles. The lowest BCUT2D eigenvalue weighted by atomic mass is 9.97. The van der Waals surface area contributed by atoms with Crippen molar-refractivity contribution in [3.05, 3.63) is 48.6 Å². The topological polar surface area (TPSA) is 187 Å². The Morgan fingerprint density at radius 2 is 1.50 bits per heavy atom. The largest absolute Gasteiger partial charge is 0.391 e. The number of amides is 5. The van der Waals surface area contributed by atoms with Crippen LogP contribution >= 0.6 is 11.8 Å². The number of hydrogen-bond donors (Lipinski definition) is 6. The molecule has 0 aromatic heterocycles. The van der Waals surface area contributed by atoms with Gasteiger partial charge < -0.3 is 36.4 Å². The van der Waals surface area contributed by atoms with Gasteiger partial charge in [-0.05, 0) is 46.1 Å². The summed E-state index contributed by atoms with van der Waals surface area (Å²) in [7, 11) is 0. The molecule has 2 heterocycles. The van der Waals surface area contributed by atoms with E-state index in [0.717, 1.165) is 5.56 Å². The second-order valence-electron chi connectivity index (χ2n) is 13.0. The molecule has 2 aliphatic rings. The fourth-order valence-corrected chi connectivity index (χ4v) is 6.36. The first-order chi connectivity index (χ1) is 22.6. The van der Waals surface area contributed by atoms with E-state index < -0.39 is 83.6 Å². The molecule has 48 heavy (non-hydrogen) atoms. The third-order valence-corrected chi connectivity index (χ3v) is 9.74. The number of benzene rings is 1. The highest BCUT2D eigenvalue weighted by molar-refractivity contribution is 8.14. The lowest BCUT2D eigenvalue weighted by Crippen LogP contribution is -2.63. The number of nitrogens with zero attached hydrogens (tertiary/aromatic N) is 1. The zero-order chi connectivity index (χ0) is 35.8. The summed E-state index contributed by atoms with van der Waals surface area (Å²) in [6, 6.07) is 2.61. The van der Waals surface area contributed by atoms with E-state index in [1.54, 1.807) is 58.0 Å². The molecule has 5 amide bonds. The van der Waals surface area contributed by atoms with Crippen molar-refractivity contribution in [3.63, 3.8) is 0 Å². The number of aliphatic imine (C=N–C) groups is 1. The maximum absolute atomic E-state index is 14.1. The van der Waals surface area contributed by atoms with Crippen LogP contribution in [0.25, 0.3) is 0 Å². The number of carbonyl (C=O) groups is 5. The SMILES string of the molecule is C=CC(C)(C)O[C@H](C)[C@@H]1NC(=O)[C@H]([C@@H](C)CC)NC(=O)[C@@H]2CSC(=N2)[C@H](C)NC(=O)[C@H]([C@@H](C)O)NC(=O)[C@H](Cc2ccccc2)NC1=O. The van der Waals surface area contributed by atoms with E-state index >= 15 is 0 Å². The Kier molecular flexibility index (Phi) is 13.8. The van der Waals surface area contributed by atoms with Crippen molar-refractivity contribution in [1.82, 2.24) is 26.6 Å². The predicted molar refractivity (Wildman–Crippen MR) is 185 cm³/mol. The van der Waals surface area contributed by atoms with Crippen LogP contribution in [0, 0.1) is 5.92 Å². The minimum Gasteiger partial charge on any atom is -0.391 e. The Hall–Kier alpha value is -3.75. The molecule has 1 aromatic rings. The van der Waals surface area contributed by atoms with Crippen molar-refractivity contribution >= 4 is 46.3 Å². The van der Waals surface area contributed by atoms with Gasteiger partial charge in [0.2, 0.25) is 29.5 Å². The van der Waals surface area contributed by atoms with Gasteiger partial charge in [-0.3, -0.25) is 29.0 Å². The van der Waals surface area contributed by atoms with Crippen LogP contribution in [0.2, 0.25) is 0 Å². The Morgan fingerprint density at radius 3 is 2.10 bits per heavy atom. The number of aliphatic hydroxyl groups excluding tert-OH is 1. The Balaban J connectivity index is 2.10. The summed E-state index contributed by atoms with van der Waals surface area (Å²) in [5, 5.41) is 24.8. The predicted octanol–water partition coefficient (Wildman–Crippen LogP) is 0.997. The minimum atomic E-state index is -1.37. The van der Waals surface area contributed by atoms with E-state index in [-0.39, 0.29) is 12.3 Å². The molecule has 0 aliphatic carbocycles. The molecule has 0 fully saturated rings. The molecule has 2 aliphatic heterocycles. The van der Waals surface area contributed by atoms with Crippen LogP contribution in [0.1, 0.15) is 60.5 Å². The van der Waals surface area contributed by atoms with E-state index in [1.165, 1.54) is 18.7 Å². The zero-order valence-corrected chi connectivity index (χ0v) is 29.6. The number of ether oxygens (including phenoxy) is 1. The van der Waals surface area contributed by atoms with Crippen molar-refractivity contribution in [1.29, 1.82) is 0 Å². The van der Waals surface area contributed by atoms with Crippen LogP contribution in [0.5, 0.6) is 0 Å². The van der Waals surface area contributed by atoms with Crippen molar-refractivity contribution < 1.29 is 33.8 Å². The minimum absolute atomic E-state index is 0.0391. The number of aliphatic hydroxyl groups is 1. The Labute approximate surface area is 286 Å². The number of carbonyl (C=O) groups excluding carboxylic acids is 5. The van der Waals surface area contributed by atoms with Gasteiger partial charge in [0, 0.05) is 12.2 Å². The van der Waals surface area contributed by atoms with Crippen LogP contribution in [0.3, 0.4) is 0 Å². The Morgan fingerprint density at radius 1 is 0.917 bits per heavy atom. The van der Waals surface area contributed by atoms with Gasteiger partial charge in [-0.25, -0.2) is 0 Å². The average Bonchev–Trinajstić information content (AvgIpc) is 3.54. The molecular formula is C34H50N6O7S. The van der Waals surface area contributed by atoms with E-state index in [0.29, 0.717) is 17.2 Å². The molecule has 6 N–H and O–H groups in total. The first-order valence-corrected chi connectivity index (χ1v) is 17.3. The van der Waals surface area contributed by atoms with Gasteiger partial charge >= 0.3 is 0 Å². The number of rotatable bonds is 9. The summed E-state index contributed by atoms with van der Waals surface area (Å²) >= 11 is 1.30. The molecule has 2 bridgehead atoms. The monoisotopic (exact) mass is 686 g/mol. The normalized spacial score (nSPS) is 28.2. The summed E-state index contributed by atoms with van der Waals surface area (Å²) in [4.78, 5) is 73.2. The van der Waals surface area contributed by atoms with Crippen molar-refractivity contribution in [2.24, 2.45) is 10.9 Å². The Bertz CT molecular complexity index is 1370. The van der Waals surface area contributed by atoms with Gasteiger partial charge in [0.15, 0.2) is 0 Å². The van der Waals surface area contributed by atoms with Crippen molar-refractivity contribution in [2.45, 2.75) is 115 Å². The third-order valence-electron chi connectivity index (χ3n) is 8.51. The second-order valence-corrected chi connectivity index (χ2v) is 14.0. The van der Waals surface area contributed by atoms with E-state index in [4.69, 9.17) is 4.74 Å². The summed E-state index contributed by atoms with van der Waals surface area (Å²) in [6.45, 7) is 15.7. The fourth-order valence-electron chi connectivity index (χ4n) is 5.29. The van der Waals surface area contributed by atoms with Gasteiger partial charge in [0.25, 0.3) is 0 Å².